The third-order valence-electron chi connectivity index (χ3n) is 3.14. The predicted octanol–water partition coefficient (Wildman–Crippen LogP) is 3.26. The molecule has 132 valence electrons. The SMILES string of the molecule is CC(CO)Nc1cc(Oc2nn(C)c(C(F)(F)F)c2Cl)ccc1N. The molecule has 0 saturated carbocycles. The van der Waals surface area contributed by atoms with Gasteiger partial charge in [0.25, 0.3) is 5.88 Å². The van der Waals surface area contributed by atoms with Gasteiger partial charge in [0.05, 0.1) is 18.0 Å². The van der Waals surface area contributed by atoms with E-state index >= 15 is 0 Å². The molecule has 1 atom stereocenters. The van der Waals surface area contributed by atoms with Gasteiger partial charge in [-0.2, -0.15) is 13.2 Å². The van der Waals surface area contributed by atoms with Crippen LogP contribution in [0.4, 0.5) is 24.5 Å². The lowest BCUT2D eigenvalue weighted by molar-refractivity contribution is -0.143. The van der Waals surface area contributed by atoms with E-state index in [0.29, 0.717) is 16.1 Å². The number of anilines is 2. The van der Waals surface area contributed by atoms with Crippen molar-refractivity contribution in [2.75, 3.05) is 17.7 Å². The Morgan fingerprint density at radius 2 is 2.12 bits per heavy atom. The fraction of sp³-hybridized carbons (Fsp3) is 0.357. The summed E-state index contributed by atoms with van der Waals surface area (Å²) in [5.41, 5.74) is 5.58. The van der Waals surface area contributed by atoms with E-state index in [-0.39, 0.29) is 24.3 Å². The van der Waals surface area contributed by atoms with Gasteiger partial charge in [-0.05, 0) is 19.1 Å². The van der Waals surface area contributed by atoms with Crippen LogP contribution in [0.1, 0.15) is 12.6 Å². The quantitative estimate of drug-likeness (QED) is 0.709. The lowest BCUT2D eigenvalue weighted by atomic mass is 10.2. The highest BCUT2D eigenvalue weighted by Gasteiger charge is 2.39. The van der Waals surface area contributed by atoms with Gasteiger partial charge in [-0.25, -0.2) is 0 Å². The Labute approximate surface area is 141 Å². The van der Waals surface area contributed by atoms with E-state index in [0.717, 1.165) is 7.05 Å². The highest BCUT2D eigenvalue weighted by molar-refractivity contribution is 6.32. The van der Waals surface area contributed by atoms with Crippen molar-refractivity contribution in [3.63, 3.8) is 0 Å². The van der Waals surface area contributed by atoms with E-state index in [1.54, 1.807) is 6.92 Å². The van der Waals surface area contributed by atoms with Crippen LogP contribution in [0, 0.1) is 0 Å². The Morgan fingerprint density at radius 3 is 2.67 bits per heavy atom. The monoisotopic (exact) mass is 364 g/mol. The molecule has 1 heterocycles. The Balaban J connectivity index is 2.31. The van der Waals surface area contributed by atoms with Crippen LogP contribution >= 0.6 is 11.6 Å². The van der Waals surface area contributed by atoms with Crippen molar-refractivity contribution in [1.29, 1.82) is 0 Å². The minimum absolute atomic E-state index is 0.120. The van der Waals surface area contributed by atoms with E-state index in [1.807, 2.05) is 0 Å². The molecule has 2 rings (SSSR count). The van der Waals surface area contributed by atoms with Gasteiger partial charge in [-0.1, -0.05) is 11.6 Å². The summed E-state index contributed by atoms with van der Waals surface area (Å²) in [5.74, 6) is -0.164. The molecule has 6 nitrogen and oxygen atoms in total. The van der Waals surface area contributed by atoms with E-state index in [4.69, 9.17) is 27.2 Å². The summed E-state index contributed by atoms with van der Waals surface area (Å²) in [5, 5.41) is 15.0. The van der Waals surface area contributed by atoms with Gasteiger partial charge in [-0.3, -0.25) is 4.68 Å². The third-order valence-corrected chi connectivity index (χ3v) is 3.48. The van der Waals surface area contributed by atoms with Crippen molar-refractivity contribution in [3.05, 3.63) is 28.9 Å². The molecule has 4 N–H and O–H groups in total. The molecule has 1 unspecified atom stereocenters. The van der Waals surface area contributed by atoms with Gasteiger partial charge in [0.1, 0.15) is 10.8 Å². The number of ether oxygens (including phenoxy) is 1. The maximum Gasteiger partial charge on any atom is 0.434 e. The first-order valence-electron chi connectivity index (χ1n) is 6.88. The molecule has 1 aromatic carbocycles. The standard InChI is InChI=1S/C14H16ClF3N4O2/c1-7(6-23)20-10-5-8(3-4-9(10)19)24-13-11(15)12(14(16,17)18)22(2)21-13/h3-5,7,20,23H,6,19H2,1-2H3. The fourth-order valence-electron chi connectivity index (χ4n) is 1.99. The molecule has 0 aliphatic heterocycles. The van der Waals surface area contributed by atoms with Crippen LogP contribution in [0.15, 0.2) is 18.2 Å². The molecule has 24 heavy (non-hydrogen) atoms. The van der Waals surface area contributed by atoms with Crippen LogP contribution < -0.4 is 15.8 Å². The van der Waals surface area contributed by atoms with E-state index in [9.17, 15) is 13.2 Å². The Bertz CT molecular complexity index is 734. The normalized spacial score (nSPS) is 13.0. The summed E-state index contributed by atoms with van der Waals surface area (Å²) in [7, 11) is 1.13. The van der Waals surface area contributed by atoms with Crippen LogP contribution in [0.2, 0.25) is 5.02 Å². The number of halogens is 4. The molecule has 0 aliphatic carbocycles. The zero-order valence-electron chi connectivity index (χ0n) is 12.9. The maximum absolute atomic E-state index is 12.9. The molecule has 0 fully saturated rings. The number of aromatic nitrogens is 2. The second-order valence-corrected chi connectivity index (χ2v) is 5.55. The molecule has 0 spiro atoms. The van der Waals surface area contributed by atoms with E-state index in [1.165, 1.54) is 18.2 Å². The summed E-state index contributed by atoms with van der Waals surface area (Å²) < 4.78 is 44.7. The highest BCUT2D eigenvalue weighted by atomic mass is 35.5. The third kappa shape index (κ3) is 3.85. The van der Waals surface area contributed by atoms with Crippen LogP contribution in [-0.4, -0.2) is 27.5 Å². The molecule has 0 radical (unpaired) electrons. The van der Waals surface area contributed by atoms with Crippen LogP contribution in [0.25, 0.3) is 0 Å². The second-order valence-electron chi connectivity index (χ2n) is 5.17. The number of nitrogens with one attached hydrogen (secondary N) is 1. The van der Waals surface area contributed by atoms with Gasteiger partial charge in [0, 0.05) is 19.2 Å². The van der Waals surface area contributed by atoms with Crippen LogP contribution in [0.5, 0.6) is 11.6 Å². The van der Waals surface area contributed by atoms with Crippen molar-refractivity contribution in [3.8, 4) is 11.6 Å². The number of nitrogens with two attached hydrogens (primary N) is 1. The number of alkyl halides is 3. The average Bonchev–Trinajstić information content (AvgIpc) is 2.76. The number of nitrogen functional groups attached to an aromatic ring is 1. The average molecular weight is 365 g/mol. The van der Waals surface area contributed by atoms with Crippen molar-refractivity contribution in [2.45, 2.75) is 19.1 Å². The fourth-order valence-corrected chi connectivity index (χ4v) is 2.30. The zero-order valence-corrected chi connectivity index (χ0v) is 13.6. The number of benzene rings is 1. The van der Waals surface area contributed by atoms with Gasteiger partial charge in [0.15, 0.2) is 5.69 Å². The molecule has 0 bridgehead atoms. The number of rotatable bonds is 5. The zero-order chi connectivity index (χ0) is 18.1. The molecular weight excluding hydrogens is 349 g/mol. The maximum atomic E-state index is 12.9. The second kappa shape index (κ2) is 6.78. The van der Waals surface area contributed by atoms with Crippen LogP contribution in [-0.2, 0) is 13.2 Å². The number of hydrogen-bond acceptors (Lipinski definition) is 5. The van der Waals surface area contributed by atoms with Crippen molar-refractivity contribution in [2.24, 2.45) is 7.05 Å². The first-order chi connectivity index (χ1) is 11.1. The Hall–Kier alpha value is -2.13. The van der Waals surface area contributed by atoms with Gasteiger partial charge in [0.2, 0.25) is 0 Å². The van der Waals surface area contributed by atoms with Crippen molar-refractivity contribution >= 4 is 23.0 Å². The number of aliphatic hydroxyl groups is 1. The number of nitrogens with zero attached hydrogens (tertiary/aromatic N) is 2. The lowest BCUT2D eigenvalue weighted by Gasteiger charge is -2.15. The highest BCUT2D eigenvalue weighted by Crippen LogP contribution is 2.40. The summed E-state index contributed by atoms with van der Waals surface area (Å²) in [6.45, 7) is 1.61. The number of aliphatic hydroxyl groups excluding tert-OH is 1. The summed E-state index contributed by atoms with van der Waals surface area (Å²) in [6.07, 6.45) is -4.65. The topological polar surface area (TPSA) is 85.3 Å². The largest absolute Gasteiger partial charge is 0.436 e. The Morgan fingerprint density at radius 1 is 1.46 bits per heavy atom. The summed E-state index contributed by atoms with van der Waals surface area (Å²) in [6, 6.07) is 4.21. The van der Waals surface area contributed by atoms with E-state index in [2.05, 4.69) is 10.4 Å². The van der Waals surface area contributed by atoms with Crippen LogP contribution in [0.3, 0.4) is 0 Å². The van der Waals surface area contributed by atoms with Crippen molar-refractivity contribution in [1.82, 2.24) is 9.78 Å². The molecule has 0 saturated heterocycles. The molecule has 1 aromatic heterocycles. The van der Waals surface area contributed by atoms with Gasteiger partial charge >= 0.3 is 6.18 Å². The molecule has 2 aromatic rings. The smallest absolute Gasteiger partial charge is 0.434 e. The molecule has 0 aliphatic rings. The number of hydrogen-bond donors (Lipinski definition) is 3. The summed E-state index contributed by atoms with van der Waals surface area (Å²) in [4.78, 5) is 0. The Kier molecular flexibility index (Phi) is 5.14. The van der Waals surface area contributed by atoms with E-state index < -0.39 is 16.9 Å². The number of aryl methyl sites for hydroxylation is 1. The van der Waals surface area contributed by atoms with Crippen molar-refractivity contribution < 1.29 is 23.0 Å². The molecule has 0 amide bonds. The predicted molar refractivity (Wildman–Crippen MR) is 84.3 cm³/mol. The minimum Gasteiger partial charge on any atom is -0.436 e. The molecular formula is C14H16ClF3N4O2. The molecule has 10 heteroatoms. The first-order valence-corrected chi connectivity index (χ1v) is 7.25. The van der Waals surface area contributed by atoms with Gasteiger partial charge in [-0.15, -0.1) is 5.10 Å². The summed E-state index contributed by atoms with van der Waals surface area (Å²) >= 11 is 5.74. The van der Waals surface area contributed by atoms with Gasteiger partial charge < -0.3 is 20.9 Å². The minimum atomic E-state index is -4.65. The first kappa shape index (κ1) is 18.2. The lowest BCUT2D eigenvalue weighted by Crippen LogP contribution is -2.20.